The molecule has 74 valence electrons. The van der Waals surface area contributed by atoms with Crippen LogP contribution in [0.4, 0.5) is 13.2 Å². The van der Waals surface area contributed by atoms with Crippen molar-refractivity contribution in [2.75, 3.05) is 6.54 Å². The minimum atomic E-state index is -4.43. The van der Waals surface area contributed by atoms with Crippen molar-refractivity contribution in [3.63, 3.8) is 0 Å². The zero-order chi connectivity index (χ0) is 10.3. The predicted molar refractivity (Wildman–Crippen MR) is 41.7 cm³/mol. The second-order valence-corrected chi connectivity index (χ2v) is 2.32. The fourth-order valence-electron chi connectivity index (χ4n) is 0.634. The summed E-state index contributed by atoms with van der Waals surface area (Å²) in [5.41, 5.74) is 0. The van der Waals surface area contributed by atoms with Crippen LogP contribution in [0.25, 0.3) is 0 Å². The predicted octanol–water partition coefficient (Wildman–Crippen LogP) is 1.47. The Morgan fingerprint density at radius 3 is 2.54 bits per heavy atom. The third-order valence-corrected chi connectivity index (χ3v) is 1.11. The quantitative estimate of drug-likeness (QED) is 0.533. The van der Waals surface area contributed by atoms with Crippen molar-refractivity contribution in [2.24, 2.45) is 0 Å². The molecule has 0 saturated heterocycles. The molecule has 0 heterocycles. The van der Waals surface area contributed by atoms with Gasteiger partial charge in [0, 0.05) is 13.0 Å². The van der Waals surface area contributed by atoms with Crippen LogP contribution in [-0.4, -0.2) is 18.6 Å². The van der Waals surface area contributed by atoms with Crippen LogP contribution in [0.3, 0.4) is 0 Å². The molecule has 0 radical (unpaired) electrons. The van der Waals surface area contributed by atoms with Crippen LogP contribution >= 0.6 is 0 Å². The molecule has 0 aromatic rings. The molecule has 0 spiro atoms. The van der Waals surface area contributed by atoms with E-state index in [9.17, 15) is 18.0 Å². The first-order valence-corrected chi connectivity index (χ1v) is 3.69. The summed E-state index contributed by atoms with van der Waals surface area (Å²) in [5, 5.41) is 2.11. The van der Waals surface area contributed by atoms with Gasteiger partial charge in [-0.05, 0) is 6.92 Å². The molecule has 2 nitrogen and oxygen atoms in total. The summed E-state index contributed by atoms with van der Waals surface area (Å²) in [6.45, 7) is 1.79. The fourth-order valence-corrected chi connectivity index (χ4v) is 0.634. The Morgan fingerprint density at radius 2 is 2.08 bits per heavy atom. The molecule has 0 aromatic carbocycles. The van der Waals surface area contributed by atoms with E-state index in [-0.39, 0.29) is 6.54 Å². The van der Waals surface area contributed by atoms with Crippen LogP contribution in [0.1, 0.15) is 19.8 Å². The van der Waals surface area contributed by atoms with Crippen molar-refractivity contribution >= 4 is 5.91 Å². The fraction of sp³-hybridized carbons (Fsp3) is 0.625. The molecule has 0 aliphatic heterocycles. The Kier molecular flexibility index (Phi) is 4.97. The van der Waals surface area contributed by atoms with Crippen molar-refractivity contribution < 1.29 is 18.0 Å². The lowest BCUT2D eigenvalue weighted by atomic mass is 10.3. The highest BCUT2D eigenvalue weighted by Gasteiger charge is 2.30. The Bertz CT molecular complexity index is 224. The van der Waals surface area contributed by atoms with E-state index >= 15 is 0 Å². The molecule has 0 bridgehead atoms. The lowest BCUT2D eigenvalue weighted by molar-refractivity contribution is -0.153. The number of carbonyl (C=O) groups excluding carboxylic acids is 1. The highest BCUT2D eigenvalue weighted by atomic mass is 19.4. The van der Waals surface area contributed by atoms with Crippen molar-refractivity contribution in [1.82, 2.24) is 5.32 Å². The van der Waals surface area contributed by atoms with E-state index in [0.717, 1.165) is 0 Å². The maximum absolute atomic E-state index is 11.6. The monoisotopic (exact) mass is 193 g/mol. The van der Waals surface area contributed by atoms with E-state index in [1.807, 2.05) is 0 Å². The van der Waals surface area contributed by atoms with Crippen LogP contribution in [0, 0.1) is 11.8 Å². The minimum Gasteiger partial charge on any atom is -0.355 e. The standard InChI is InChI=1S/C8H10F3NO/c1-2-3-4-5-12-7(13)6-8(9,10)11/h4-6H2,1H3,(H,12,13). The largest absolute Gasteiger partial charge is 0.397 e. The summed E-state index contributed by atoms with van der Waals surface area (Å²) < 4.78 is 34.8. The van der Waals surface area contributed by atoms with E-state index in [1.165, 1.54) is 0 Å². The van der Waals surface area contributed by atoms with Gasteiger partial charge in [-0.2, -0.15) is 13.2 Å². The summed E-state index contributed by atoms with van der Waals surface area (Å²) in [6.07, 6.45) is -5.48. The summed E-state index contributed by atoms with van der Waals surface area (Å²) in [6, 6.07) is 0. The van der Waals surface area contributed by atoms with Crippen molar-refractivity contribution in [3.8, 4) is 11.8 Å². The molecular formula is C8H10F3NO. The average Bonchev–Trinajstić information content (AvgIpc) is 1.94. The van der Waals surface area contributed by atoms with Crippen molar-refractivity contribution in [1.29, 1.82) is 0 Å². The van der Waals surface area contributed by atoms with Gasteiger partial charge >= 0.3 is 6.18 Å². The summed E-state index contributed by atoms with van der Waals surface area (Å²) in [7, 11) is 0. The first kappa shape index (κ1) is 11.8. The van der Waals surface area contributed by atoms with Gasteiger partial charge in [-0.1, -0.05) is 0 Å². The first-order chi connectivity index (χ1) is 5.95. The maximum atomic E-state index is 11.6. The Labute approximate surface area is 74.5 Å². The van der Waals surface area contributed by atoms with Gasteiger partial charge in [0.25, 0.3) is 0 Å². The number of hydrogen-bond acceptors (Lipinski definition) is 1. The highest BCUT2D eigenvalue weighted by Crippen LogP contribution is 2.18. The molecule has 5 heteroatoms. The SMILES string of the molecule is CC#CCCNC(=O)CC(F)(F)F. The lowest BCUT2D eigenvalue weighted by Crippen LogP contribution is -2.29. The zero-order valence-electron chi connectivity index (χ0n) is 7.16. The number of hydrogen-bond donors (Lipinski definition) is 1. The normalized spacial score (nSPS) is 10.2. The molecule has 0 unspecified atom stereocenters. The van der Waals surface area contributed by atoms with Gasteiger partial charge in [-0.3, -0.25) is 4.79 Å². The van der Waals surface area contributed by atoms with Crippen LogP contribution in [0.5, 0.6) is 0 Å². The topological polar surface area (TPSA) is 29.1 Å². The molecule has 13 heavy (non-hydrogen) atoms. The summed E-state index contributed by atoms with van der Waals surface area (Å²) >= 11 is 0. The number of nitrogens with one attached hydrogen (secondary N) is 1. The smallest absolute Gasteiger partial charge is 0.355 e. The van der Waals surface area contributed by atoms with Crippen LogP contribution in [-0.2, 0) is 4.79 Å². The number of carbonyl (C=O) groups is 1. The van der Waals surface area contributed by atoms with Gasteiger partial charge in [0.05, 0.1) is 0 Å². The summed E-state index contributed by atoms with van der Waals surface area (Å²) in [5.74, 6) is 4.18. The Morgan fingerprint density at radius 1 is 1.46 bits per heavy atom. The van der Waals surface area contributed by atoms with Gasteiger partial charge in [0.15, 0.2) is 0 Å². The third-order valence-electron chi connectivity index (χ3n) is 1.11. The second-order valence-electron chi connectivity index (χ2n) is 2.32. The van der Waals surface area contributed by atoms with E-state index < -0.39 is 18.5 Å². The van der Waals surface area contributed by atoms with Crippen molar-refractivity contribution in [2.45, 2.75) is 25.9 Å². The van der Waals surface area contributed by atoms with Crippen LogP contribution in [0.2, 0.25) is 0 Å². The molecule has 1 N–H and O–H groups in total. The molecule has 0 rings (SSSR count). The van der Waals surface area contributed by atoms with Gasteiger partial charge in [-0.15, -0.1) is 11.8 Å². The van der Waals surface area contributed by atoms with Gasteiger partial charge < -0.3 is 5.32 Å². The van der Waals surface area contributed by atoms with Crippen molar-refractivity contribution in [3.05, 3.63) is 0 Å². The van der Waals surface area contributed by atoms with Gasteiger partial charge in [0.2, 0.25) is 5.91 Å². The Hall–Kier alpha value is -1.18. The molecule has 1 amide bonds. The molecule has 0 fully saturated rings. The van der Waals surface area contributed by atoms with Gasteiger partial charge in [-0.25, -0.2) is 0 Å². The first-order valence-electron chi connectivity index (χ1n) is 3.69. The molecule has 0 aliphatic rings. The number of alkyl halides is 3. The number of halogens is 3. The molecule has 0 aliphatic carbocycles. The van der Waals surface area contributed by atoms with E-state index in [0.29, 0.717) is 6.42 Å². The van der Waals surface area contributed by atoms with Gasteiger partial charge in [0.1, 0.15) is 6.42 Å². The molecule has 0 atom stereocenters. The number of rotatable bonds is 3. The average molecular weight is 193 g/mol. The molecular weight excluding hydrogens is 183 g/mol. The Balaban J connectivity index is 3.56. The van der Waals surface area contributed by atoms with E-state index in [1.54, 1.807) is 6.92 Å². The summed E-state index contributed by atoms with van der Waals surface area (Å²) in [4.78, 5) is 10.5. The van der Waals surface area contributed by atoms with E-state index in [2.05, 4.69) is 17.2 Å². The lowest BCUT2D eigenvalue weighted by Gasteiger charge is -2.05. The molecule has 0 saturated carbocycles. The second kappa shape index (κ2) is 5.46. The minimum absolute atomic E-state index is 0.162. The third kappa shape index (κ3) is 8.73. The van der Waals surface area contributed by atoms with Crippen LogP contribution in [0.15, 0.2) is 0 Å². The zero-order valence-corrected chi connectivity index (χ0v) is 7.16. The molecule has 0 aromatic heterocycles. The van der Waals surface area contributed by atoms with Crippen LogP contribution < -0.4 is 5.32 Å². The maximum Gasteiger partial charge on any atom is 0.397 e. The number of amides is 1. The highest BCUT2D eigenvalue weighted by molar-refractivity contribution is 5.76. The van der Waals surface area contributed by atoms with E-state index in [4.69, 9.17) is 0 Å².